The third-order valence-electron chi connectivity index (χ3n) is 3.02. The van der Waals surface area contributed by atoms with Crippen LogP contribution in [0.25, 0.3) is 0 Å². The Morgan fingerprint density at radius 3 is 2.52 bits per heavy atom. The first kappa shape index (κ1) is 18.6. The molecule has 0 aromatic carbocycles. The lowest BCUT2D eigenvalue weighted by molar-refractivity contribution is 0.370. The fraction of sp³-hybridized carbons (Fsp3) is 0.692. The van der Waals surface area contributed by atoms with Gasteiger partial charge in [-0.3, -0.25) is 0 Å². The summed E-state index contributed by atoms with van der Waals surface area (Å²) in [6.45, 7) is 4.60. The van der Waals surface area contributed by atoms with E-state index in [9.17, 15) is 8.42 Å². The minimum atomic E-state index is -3.53. The molecule has 1 heterocycles. The maximum Gasteiger partial charge on any atom is 0.247 e. The molecule has 8 heteroatoms. The SMILES string of the molecule is CCNCc1cc(S(=O)(=O)N(C)CCCN(C)C)c(Br)o1. The number of nitrogens with one attached hydrogen (secondary N) is 1. The molecule has 1 aromatic rings. The van der Waals surface area contributed by atoms with Crippen molar-refractivity contribution in [3.63, 3.8) is 0 Å². The number of halogens is 1. The molecule has 0 fully saturated rings. The third-order valence-corrected chi connectivity index (χ3v) is 5.74. The number of nitrogens with zero attached hydrogens (tertiary/aromatic N) is 2. The number of furan rings is 1. The van der Waals surface area contributed by atoms with Gasteiger partial charge >= 0.3 is 0 Å². The van der Waals surface area contributed by atoms with E-state index in [0.717, 1.165) is 19.5 Å². The van der Waals surface area contributed by atoms with E-state index in [4.69, 9.17) is 4.42 Å². The van der Waals surface area contributed by atoms with Crippen molar-refractivity contribution in [2.75, 3.05) is 40.8 Å². The van der Waals surface area contributed by atoms with Crippen LogP contribution in [0.15, 0.2) is 20.0 Å². The van der Waals surface area contributed by atoms with Gasteiger partial charge in [-0.05, 0) is 49.5 Å². The molecule has 1 N–H and O–H groups in total. The Bertz CT molecular complexity index is 543. The first-order chi connectivity index (χ1) is 9.78. The van der Waals surface area contributed by atoms with Gasteiger partial charge < -0.3 is 14.6 Å². The largest absolute Gasteiger partial charge is 0.452 e. The lowest BCUT2D eigenvalue weighted by Crippen LogP contribution is -2.29. The quantitative estimate of drug-likeness (QED) is 0.705. The summed E-state index contributed by atoms with van der Waals surface area (Å²) in [5, 5.41) is 3.10. The minimum Gasteiger partial charge on any atom is -0.452 e. The lowest BCUT2D eigenvalue weighted by atomic mass is 10.4. The molecule has 0 atom stereocenters. The summed E-state index contributed by atoms with van der Waals surface area (Å²) in [5.41, 5.74) is 0. The second kappa shape index (κ2) is 8.28. The summed E-state index contributed by atoms with van der Waals surface area (Å²) in [7, 11) is 2.00. The van der Waals surface area contributed by atoms with Crippen LogP contribution in [-0.2, 0) is 16.6 Å². The average Bonchev–Trinajstić information content (AvgIpc) is 2.77. The average molecular weight is 382 g/mol. The van der Waals surface area contributed by atoms with E-state index in [1.54, 1.807) is 13.1 Å². The van der Waals surface area contributed by atoms with Gasteiger partial charge in [-0.15, -0.1) is 0 Å². The van der Waals surface area contributed by atoms with E-state index in [1.807, 2.05) is 25.9 Å². The molecule has 1 rings (SSSR count). The van der Waals surface area contributed by atoms with Crippen molar-refractivity contribution in [1.29, 1.82) is 0 Å². The Labute approximate surface area is 135 Å². The van der Waals surface area contributed by atoms with Crippen LogP contribution in [0.4, 0.5) is 0 Å². The summed E-state index contributed by atoms with van der Waals surface area (Å²) in [6.07, 6.45) is 0.780. The number of hydrogen-bond donors (Lipinski definition) is 1. The molecule has 0 aliphatic carbocycles. The van der Waals surface area contributed by atoms with Crippen molar-refractivity contribution in [3.05, 3.63) is 16.5 Å². The molecule has 0 unspecified atom stereocenters. The highest BCUT2D eigenvalue weighted by Crippen LogP contribution is 2.28. The van der Waals surface area contributed by atoms with Crippen LogP contribution < -0.4 is 5.32 Å². The first-order valence-corrected chi connectivity index (χ1v) is 9.12. The molecule has 0 bridgehead atoms. The number of hydrogen-bond acceptors (Lipinski definition) is 5. The molecular formula is C13H24BrN3O3S. The molecule has 0 spiro atoms. The van der Waals surface area contributed by atoms with E-state index in [1.165, 1.54) is 4.31 Å². The van der Waals surface area contributed by atoms with Gasteiger partial charge in [-0.2, -0.15) is 0 Å². The summed E-state index contributed by atoms with van der Waals surface area (Å²) in [6, 6.07) is 1.57. The highest BCUT2D eigenvalue weighted by atomic mass is 79.9. The summed E-state index contributed by atoms with van der Waals surface area (Å²) in [4.78, 5) is 2.21. The first-order valence-electron chi connectivity index (χ1n) is 6.89. The summed E-state index contributed by atoms with van der Waals surface area (Å²) < 4.78 is 32.1. The topological polar surface area (TPSA) is 65.8 Å². The molecule has 122 valence electrons. The molecular weight excluding hydrogens is 358 g/mol. The Hall–Kier alpha value is -0.410. The summed E-state index contributed by atoms with van der Waals surface area (Å²) in [5.74, 6) is 0.601. The maximum atomic E-state index is 12.5. The second-order valence-corrected chi connectivity index (χ2v) is 7.85. The van der Waals surface area contributed by atoms with Crippen LogP contribution in [0.5, 0.6) is 0 Å². The Kier molecular flexibility index (Phi) is 7.35. The molecule has 6 nitrogen and oxygen atoms in total. The Morgan fingerprint density at radius 2 is 1.95 bits per heavy atom. The van der Waals surface area contributed by atoms with Crippen LogP contribution in [-0.4, -0.2) is 58.4 Å². The van der Waals surface area contributed by atoms with Crippen molar-refractivity contribution < 1.29 is 12.8 Å². The van der Waals surface area contributed by atoms with E-state index in [2.05, 4.69) is 21.2 Å². The normalized spacial score (nSPS) is 12.5. The standard InChI is InChI=1S/C13H24BrN3O3S/c1-5-15-10-11-9-12(13(14)20-11)21(18,19)17(4)8-6-7-16(2)3/h9,15H,5-8,10H2,1-4H3. The summed E-state index contributed by atoms with van der Waals surface area (Å²) >= 11 is 3.20. The van der Waals surface area contributed by atoms with Gasteiger partial charge in [0.15, 0.2) is 4.67 Å². The molecule has 0 aliphatic heterocycles. The van der Waals surface area contributed by atoms with E-state index < -0.39 is 10.0 Å². The Balaban J connectivity index is 2.79. The second-order valence-electron chi connectivity index (χ2n) is 5.11. The van der Waals surface area contributed by atoms with Gasteiger partial charge in [-0.1, -0.05) is 6.92 Å². The molecule has 0 saturated carbocycles. The minimum absolute atomic E-state index is 0.183. The lowest BCUT2D eigenvalue weighted by Gasteiger charge is -2.17. The molecule has 21 heavy (non-hydrogen) atoms. The van der Waals surface area contributed by atoms with Crippen molar-refractivity contribution in [1.82, 2.24) is 14.5 Å². The van der Waals surface area contributed by atoms with E-state index in [0.29, 0.717) is 18.8 Å². The zero-order chi connectivity index (χ0) is 16.0. The van der Waals surface area contributed by atoms with Crippen molar-refractivity contribution in [3.8, 4) is 0 Å². The van der Waals surface area contributed by atoms with Crippen LogP contribution in [0.3, 0.4) is 0 Å². The van der Waals surface area contributed by atoms with Crippen LogP contribution in [0.1, 0.15) is 19.1 Å². The smallest absolute Gasteiger partial charge is 0.247 e. The molecule has 1 aromatic heterocycles. The zero-order valence-electron chi connectivity index (χ0n) is 13.0. The van der Waals surface area contributed by atoms with Gasteiger partial charge in [-0.25, -0.2) is 12.7 Å². The fourth-order valence-corrected chi connectivity index (χ4v) is 3.97. The predicted molar refractivity (Wildman–Crippen MR) is 86.8 cm³/mol. The van der Waals surface area contributed by atoms with Gasteiger partial charge in [0.05, 0.1) is 6.54 Å². The van der Waals surface area contributed by atoms with Gasteiger partial charge in [0.25, 0.3) is 0 Å². The molecule has 0 aliphatic rings. The highest BCUT2D eigenvalue weighted by Gasteiger charge is 2.26. The molecule has 0 saturated heterocycles. The van der Waals surface area contributed by atoms with Crippen molar-refractivity contribution in [2.45, 2.75) is 24.8 Å². The van der Waals surface area contributed by atoms with Gasteiger partial charge in [0.1, 0.15) is 10.7 Å². The third kappa shape index (κ3) is 5.37. The van der Waals surface area contributed by atoms with E-state index in [-0.39, 0.29) is 9.56 Å². The van der Waals surface area contributed by atoms with Crippen LogP contribution in [0, 0.1) is 0 Å². The maximum absolute atomic E-state index is 12.5. The van der Waals surface area contributed by atoms with Crippen molar-refractivity contribution >= 4 is 26.0 Å². The van der Waals surface area contributed by atoms with Crippen LogP contribution >= 0.6 is 15.9 Å². The number of rotatable bonds is 9. The number of sulfonamides is 1. The zero-order valence-corrected chi connectivity index (χ0v) is 15.4. The van der Waals surface area contributed by atoms with E-state index >= 15 is 0 Å². The monoisotopic (exact) mass is 381 g/mol. The molecule has 0 radical (unpaired) electrons. The van der Waals surface area contributed by atoms with Gasteiger partial charge in [0.2, 0.25) is 10.0 Å². The fourth-order valence-electron chi connectivity index (χ4n) is 1.81. The highest BCUT2D eigenvalue weighted by molar-refractivity contribution is 9.10. The molecule has 0 amide bonds. The van der Waals surface area contributed by atoms with Gasteiger partial charge in [0, 0.05) is 19.7 Å². The predicted octanol–water partition coefficient (Wildman–Crippen LogP) is 1.72. The van der Waals surface area contributed by atoms with Crippen molar-refractivity contribution in [2.24, 2.45) is 0 Å². The van der Waals surface area contributed by atoms with Crippen LogP contribution in [0.2, 0.25) is 0 Å². The Morgan fingerprint density at radius 1 is 1.29 bits per heavy atom.